The van der Waals surface area contributed by atoms with Crippen LogP contribution in [-0.4, -0.2) is 5.25 Å². The van der Waals surface area contributed by atoms with Crippen molar-refractivity contribution in [1.82, 2.24) is 0 Å². The van der Waals surface area contributed by atoms with E-state index in [4.69, 9.17) is 0 Å². The van der Waals surface area contributed by atoms with Crippen molar-refractivity contribution in [1.29, 1.82) is 0 Å². The summed E-state index contributed by atoms with van der Waals surface area (Å²) in [6.45, 7) is 2.08. The molecule has 2 unspecified atom stereocenters. The number of thioether (sulfide) groups is 1. The second-order valence-electron chi connectivity index (χ2n) is 9.16. The Morgan fingerprint density at radius 3 is 1.83 bits per heavy atom. The van der Waals surface area contributed by atoms with Crippen molar-refractivity contribution >= 4 is 11.8 Å². The summed E-state index contributed by atoms with van der Waals surface area (Å²) in [5, 5.41) is 0.863. The van der Waals surface area contributed by atoms with Gasteiger partial charge in [0.25, 0.3) is 0 Å². The Bertz CT molecular complexity index is 645. The molecule has 2 aliphatic rings. The molecule has 0 saturated heterocycles. The average Bonchev–Trinajstić information content (AvgIpc) is 3.00. The van der Waals surface area contributed by atoms with E-state index in [0.717, 1.165) is 17.1 Å². The highest BCUT2D eigenvalue weighted by atomic mass is 32.2. The highest BCUT2D eigenvalue weighted by molar-refractivity contribution is 8.00. The van der Waals surface area contributed by atoms with Crippen LogP contribution in [0.4, 0.5) is 0 Å². The molecule has 2 atom stereocenters. The van der Waals surface area contributed by atoms with Crippen LogP contribution >= 0.6 is 11.8 Å². The van der Waals surface area contributed by atoms with Crippen LogP contribution in [0.15, 0.2) is 65.6 Å². The van der Waals surface area contributed by atoms with Crippen molar-refractivity contribution < 1.29 is 0 Å². The molecule has 0 aliphatic heterocycles. The molecule has 0 bridgehead atoms. The van der Waals surface area contributed by atoms with Gasteiger partial charge in [-0.1, -0.05) is 112 Å². The lowest BCUT2D eigenvalue weighted by molar-refractivity contribution is 0.297. The molecule has 2 fully saturated rings. The van der Waals surface area contributed by atoms with Crippen LogP contribution in [0.5, 0.6) is 0 Å². The molecule has 158 valence electrons. The summed E-state index contributed by atoms with van der Waals surface area (Å²) in [6.07, 6.45) is 17.9. The van der Waals surface area contributed by atoms with Gasteiger partial charge >= 0.3 is 0 Å². The van der Waals surface area contributed by atoms with Crippen molar-refractivity contribution in [3.8, 4) is 0 Å². The Morgan fingerprint density at radius 1 is 0.621 bits per heavy atom. The first-order chi connectivity index (χ1) is 14.3. The van der Waals surface area contributed by atoms with Gasteiger partial charge in [0.1, 0.15) is 0 Å². The normalized spacial score (nSPS) is 22.9. The summed E-state index contributed by atoms with van der Waals surface area (Å²) >= 11 is 2.13. The third-order valence-electron chi connectivity index (χ3n) is 6.73. The van der Waals surface area contributed by atoms with E-state index >= 15 is 0 Å². The molecule has 4 rings (SSSR count). The van der Waals surface area contributed by atoms with E-state index in [1.54, 1.807) is 0 Å². The molecule has 0 heterocycles. The summed E-state index contributed by atoms with van der Waals surface area (Å²) in [5.74, 6) is 2.11. The number of benzene rings is 2. The van der Waals surface area contributed by atoms with Gasteiger partial charge in [-0.25, -0.2) is 0 Å². The molecule has 0 N–H and O–H groups in total. The van der Waals surface area contributed by atoms with Crippen LogP contribution in [0.3, 0.4) is 0 Å². The third kappa shape index (κ3) is 8.99. The van der Waals surface area contributed by atoms with Crippen LogP contribution in [-0.2, 0) is 0 Å². The van der Waals surface area contributed by atoms with E-state index in [2.05, 4.69) is 61.2 Å². The molecule has 0 aromatic heterocycles. The predicted molar refractivity (Wildman–Crippen MR) is 130 cm³/mol. The first-order valence-corrected chi connectivity index (χ1v) is 12.9. The monoisotopic (exact) mass is 408 g/mol. The van der Waals surface area contributed by atoms with Gasteiger partial charge in [0, 0.05) is 10.1 Å². The van der Waals surface area contributed by atoms with Crippen molar-refractivity contribution in [3.05, 3.63) is 66.2 Å². The maximum Gasteiger partial charge on any atom is 0.00945 e. The van der Waals surface area contributed by atoms with Crippen LogP contribution in [0.2, 0.25) is 0 Å². The molecule has 2 aliphatic carbocycles. The van der Waals surface area contributed by atoms with Gasteiger partial charge in [0.05, 0.1) is 0 Å². The topological polar surface area (TPSA) is 0 Å². The summed E-state index contributed by atoms with van der Waals surface area (Å²) in [4.78, 5) is 1.47. The molecule has 29 heavy (non-hydrogen) atoms. The predicted octanol–water partition coefficient (Wildman–Crippen LogP) is 9.08. The fourth-order valence-corrected chi connectivity index (χ4v) is 6.16. The Balaban J connectivity index is 0.000000290. The molecule has 0 nitrogen and oxygen atoms in total. The molecule has 2 aromatic carbocycles. The number of hydrogen-bond donors (Lipinski definition) is 0. The van der Waals surface area contributed by atoms with Crippen molar-refractivity contribution in [3.63, 3.8) is 0 Å². The summed E-state index contributed by atoms with van der Waals surface area (Å²) < 4.78 is 0. The maximum absolute atomic E-state index is 2.27. The van der Waals surface area contributed by atoms with Crippen molar-refractivity contribution in [2.75, 3.05) is 0 Å². The quantitative estimate of drug-likeness (QED) is 0.444. The molecule has 0 radical (unpaired) electrons. The molecule has 2 aromatic rings. The highest BCUT2D eigenvalue weighted by Crippen LogP contribution is 2.37. The average molecular weight is 409 g/mol. The summed E-state index contributed by atoms with van der Waals surface area (Å²) in [5.41, 5.74) is 1.32. The lowest BCUT2D eigenvalue weighted by atomic mass is 9.83. The summed E-state index contributed by atoms with van der Waals surface area (Å²) in [6, 6.07) is 21.3. The van der Waals surface area contributed by atoms with Gasteiger partial charge in [-0.15, -0.1) is 11.8 Å². The zero-order valence-electron chi connectivity index (χ0n) is 18.4. The van der Waals surface area contributed by atoms with E-state index in [1.807, 2.05) is 18.2 Å². The maximum atomic E-state index is 2.27. The van der Waals surface area contributed by atoms with Gasteiger partial charge < -0.3 is 0 Å². The second kappa shape index (κ2) is 13.2. The Morgan fingerprint density at radius 2 is 1.21 bits per heavy atom. The first-order valence-electron chi connectivity index (χ1n) is 12.0. The van der Waals surface area contributed by atoms with Crippen LogP contribution in [0, 0.1) is 18.8 Å². The van der Waals surface area contributed by atoms with E-state index in [0.29, 0.717) is 0 Å². The van der Waals surface area contributed by atoms with E-state index in [9.17, 15) is 0 Å². The zero-order chi connectivity index (χ0) is 20.2. The minimum atomic E-state index is 0.863. The summed E-state index contributed by atoms with van der Waals surface area (Å²) in [7, 11) is 0. The number of aryl methyl sites for hydroxylation is 1. The van der Waals surface area contributed by atoms with Crippen molar-refractivity contribution in [2.45, 2.75) is 94.1 Å². The Labute approximate surface area is 183 Å². The van der Waals surface area contributed by atoms with E-state index < -0.39 is 0 Å². The van der Waals surface area contributed by atoms with Crippen LogP contribution in [0.1, 0.15) is 82.6 Å². The van der Waals surface area contributed by atoms with Gasteiger partial charge in [-0.2, -0.15) is 0 Å². The number of rotatable bonds is 5. The largest absolute Gasteiger partial charge is 0.123 e. The lowest BCUT2D eigenvalue weighted by Crippen LogP contribution is -2.09. The molecule has 0 spiro atoms. The fraction of sp³-hybridized carbons (Fsp3) is 0.571. The fourth-order valence-electron chi connectivity index (χ4n) is 4.92. The first kappa shape index (κ1) is 22.5. The molecular formula is C28H40S. The zero-order valence-corrected chi connectivity index (χ0v) is 19.2. The van der Waals surface area contributed by atoms with Gasteiger partial charge in [0.2, 0.25) is 0 Å². The van der Waals surface area contributed by atoms with Crippen LogP contribution < -0.4 is 0 Å². The van der Waals surface area contributed by atoms with Crippen LogP contribution in [0.25, 0.3) is 0 Å². The minimum Gasteiger partial charge on any atom is -0.123 e. The molecule has 1 heteroatoms. The van der Waals surface area contributed by atoms with Gasteiger partial charge in [-0.3, -0.25) is 0 Å². The molecule has 0 amide bonds. The molecular weight excluding hydrogens is 368 g/mol. The Kier molecular flexibility index (Phi) is 10.2. The second-order valence-corrected chi connectivity index (χ2v) is 10.5. The smallest absolute Gasteiger partial charge is 0.00945 e. The highest BCUT2D eigenvalue weighted by Gasteiger charge is 2.21. The van der Waals surface area contributed by atoms with E-state index in [1.165, 1.54) is 87.5 Å². The lowest BCUT2D eigenvalue weighted by Gasteiger charge is -2.23. The Hall–Kier alpha value is -1.21. The third-order valence-corrected chi connectivity index (χ3v) is 8.08. The van der Waals surface area contributed by atoms with Crippen molar-refractivity contribution in [2.24, 2.45) is 11.8 Å². The SMILES string of the molecule is Cc1ccccc1.c1ccc(SC2CCCC(CCC3CCCCC3)CC2)cc1. The van der Waals surface area contributed by atoms with Gasteiger partial charge in [-0.05, 0) is 50.2 Å². The standard InChI is InChI=1S/C21H32S.C7H8/c1-3-8-18(9-4-1)14-15-19-10-7-13-21(17-16-19)22-20-11-5-2-6-12-20;1-7-5-3-2-4-6-7/h2,5-6,11-12,18-19,21H,1,3-4,7-10,13-17H2;2-6H,1H3. The van der Waals surface area contributed by atoms with E-state index in [-0.39, 0.29) is 0 Å². The minimum absolute atomic E-state index is 0.863. The van der Waals surface area contributed by atoms with Gasteiger partial charge in [0.15, 0.2) is 0 Å². The number of hydrogen-bond acceptors (Lipinski definition) is 1. The molecule has 2 saturated carbocycles.